The molecule has 0 amide bonds. The van der Waals surface area contributed by atoms with E-state index in [0.717, 1.165) is 0 Å². The smallest absolute Gasteiger partial charge is 0.148 e. The summed E-state index contributed by atoms with van der Waals surface area (Å²) in [6.07, 6.45) is 0.639. The Morgan fingerprint density at radius 1 is 1.26 bits per heavy atom. The van der Waals surface area contributed by atoms with Gasteiger partial charge in [-0.15, -0.1) is 0 Å². The third kappa shape index (κ3) is 2.96. The molecule has 2 rings (SSSR count). The maximum atomic E-state index is 13.7. The molecule has 0 saturated heterocycles. The predicted octanol–water partition coefficient (Wildman–Crippen LogP) is 4.54. The Kier molecular flexibility index (Phi) is 4.22. The number of aromatic nitrogens is 2. The van der Waals surface area contributed by atoms with Gasteiger partial charge in [0.25, 0.3) is 0 Å². The fourth-order valence-electron chi connectivity index (χ4n) is 1.55. The van der Waals surface area contributed by atoms with E-state index in [4.69, 9.17) is 23.2 Å². The van der Waals surface area contributed by atoms with E-state index in [1.54, 1.807) is 19.1 Å². The van der Waals surface area contributed by atoms with Crippen LogP contribution in [-0.2, 0) is 6.42 Å². The Labute approximate surface area is 120 Å². The molecule has 1 N–H and O–H groups in total. The van der Waals surface area contributed by atoms with Gasteiger partial charge in [-0.25, -0.2) is 14.4 Å². The Bertz CT molecular complexity index is 597. The molecule has 0 spiro atoms. The van der Waals surface area contributed by atoms with Crippen LogP contribution in [0.3, 0.4) is 0 Å². The lowest BCUT2D eigenvalue weighted by molar-refractivity contribution is 0.632. The highest BCUT2D eigenvalue weighted by molar-refractivity contribution is 6.33. The molecule has 0 aliphatic heterocycles. The highest BCUT2D eigenvalue weighted by Gasteiger charge is 2.12. The number of aryl methyl sites for hydroxylation is 1. The average molecular weight is 300 g/mol. The van der Waals surface area contributed by atoms with E-state index < -0.39 is 5.82 Å². The van der Waals surface area contributed by atoms with Gasteiger partial charge in [-0.3, -0.25) is 0 Å². The number of benzene rings is 1. The zero-order chi connectivity index (χ0) is 14.0. The maximum absolute atomic E-state index is 13.7. The van der Waals surface area contributed by atoms with E-state index in [0.29, 0.717) is 28.8 Å². The second kappa shape index (κ2) is 5.72. The number of nitrogens with one attached hydrogen (secondary N) is 1. The fraction of sp³-hybridized carbons (Fsp3) is 0.231. The number of halogens is 3. The van der Waals surface area contributed by atoms with Gasteiger partial charge in [0.05, 0.1) is 10.7 Å². The molecule has 2 aromatic rings. The molecule has 1 heterocycles. The first-order valence-corrected chi connectivity index (χ1v) is 6.52. The van der Waals surface area contributed by atoms with Crippen molar-refractivity contribution in [1.29, 1.82) is 0 Å². The first kappa shape index (κ1) is 14.0. The van der Waals surface area contributed by atoms with Crippen molar-refractivity contribution >= 4 is 34.7 Å². The Hall–Kier alpha value is -1.39. The molecule has 3 nitrogen and oxygen atoms in total. The van der Waals surface area contributed by atoms with Crippen molar-refractivity contribution in [3.63, 3.8) is 0 Å². The third-order valence-corrected chi connectivity index (χ3v) is 3.34. The molecule has 0 aliphatic rings. The molecule has 0 radical (unpaired) electrons. The van der Waals surface area contributed by atoms with E-state index in [9.17, 15) is 4.39 Å². The first-order valence-electron chi connectivity index (χ1n) is 5.77. The average Bonchev–Trinajstić information content (AvgIpc) is 2.38. The molecule has 6 heteroatoms. The van der Waals surface area contributed by atoms with Crippen molar-refractivity contribution in [2.24, 2.45) is 0 Å². The van der Waals surface area contributed by atoms with Gasteiger partial charge in [0.1, 0.15) is 22.6 Å². The van der Waals surface area contributed by atoms with Gasteiger partial charge in [0.2, 0.25) is 0 Å². The van der Waals surface area contributed by atoms with Crippen molar-refractivity contribution < 1.29 is 4.39 Å². The summed E-state index contributed by atoms with van der Waals surface area (Å²) in [7, 11) is 0. The van der Waals surface area contributed by atoms with Gasteiger partial charge < -0.3 is 5.32 Å². The minimum Gasteiger partial charge on any atom is -0.336 e. The molecule has 100 valence electrons. The topological polar surface area (TPSA) is 37.8 Å². The van der Waals surface area contributed by atoms with Crippen LogP contribution in [0.5, 0.6) is 0 Å². The summed E-state index contributed by atoms with van der Waals surface area (Å²) >= 11 is 12.0. The van der Waals surface area contributed by atoms with Gasteiger partial charge in [-0.2, -0.15) is 0 Å². The minimum atomic E-state index is -0.445. The van der Waals surface area contributed by atoms with Crippen LogP contribution in [0.4, 0.5) is 15.9 Å². The zero-order valence-corrected chi connectivity index (χ0v) is 12.0. The van der Waals surface area contributed by atoms with Gasteiger partial charge >= 0.3 is 0 Å². The standard InChI is InChI=1S/C13H12Cl2FN3/c1-3-10-17-12(15)7(2)13(18-10)19-11-8(14)5-4-6-9(11)16/h4-6H,3H2,1-2H3,(H,17,18,19). The van der Waals surface area contributed by atoms with Gasteiger partial charge in [0, 0.05) is 12.0 Å². The number of hydrogen-bond acceptors (Lipinski definition) is 3. The monoisotopic (exact) mass is 299 g/mol. The maximum Gasteiger partial charge on any atom is 0.148 e. The number of hydrogen-bond donors (Lipinski definition) is 1. The van der Waals surface area contributed by atoms with Gasteiger partial charge in [-0.05, 0) is 19.1 Å². The van der Waals surface area contributed by atoms with Crippen molar-refractivity contribution in [3.8, 4) is 0 Å². The summed E-state index contributed by atoms with van der Waals surface area (Å²) < 4.78 is 13.7. The molecule has 0 unspecified atom stereocenters. The van der Waals surface area contributed by atoms with Crippen molar-refractivity contribution in [2.75, 3.05) is 5.32 Å². The molecule has 0 aliphatic carbocycles. The SMILES string of the molecule is CCc1nc(Cl)c(C)c(Nc2c(F)cccc2Cl)n1. The highest BCUT2D eigenvalue weighted by Crippen LogP contribution is 2.30. The molecular weight excluding hydrogens is 288 g/mol. The number of para-hydroxylation sites is 1. The van der Waals surface area contributed by atoms with Crippen LogP contribution in [0, 0.1) is 12.7 Å². The van der Waals surface area contributed by atoms with Crippen LogP contribution in [0.2, 0.25) is 10.2 Å². The van der Waals surface area contributed by atoms with Crippen LogP contribution in [0.25, 0.3) is 0 Å². The second-order valence-electron chi connectivity index (χ2n) is 3.98. The molecule has 0 bridgehead atoms. The second-order valence-corrected chi connectivity index (χ2v) is 4.74. The van der Waals surface area contributed by atoms with Crippen molar-refractivity contribution in [2.45, 2.75) is 20.3 Å². The summed E-state index contributed by atoms with van der Waals surface area (Å²) in [4.78, 5) is 8.42. The molecule has 0 atom stereocenters. The zero-order valence-electron chi connectivity index (χ0n) is 10.5. The van der Waals surface area contributed by atoms with E-state index in [1.165, 1.54) is 6.07 Å². The van der Waals surface area contributed by atoms with Gasteiger partial charge in [-0.1, -0.05) is 36.2 Å². The predicted molar refractivity (Wildman–Crippen MR) is 75.8 cm³/mol. The minimum absolute atomic E-state index is 0.184. The summed E-state index contributed by atoms with van der Waals surface area (Å²) in [5.74, 6) is 0.606. The highest BCUT2D eigenvalue weighted by atomic mass is 35.5. The fourth-order valence-corrected chi connectivity index (χ4v) is 1.95. The molecule has 0 saturated carbocycles. The third-order valence-electron chi connectivity index (χ3n) is 2.66. The molecule has 0 fully saturated rings. The quantitative estimate of drug-likeness (QED) is 0.846. The Balaban J connectivity index is 2.46. The lowest BCUT2D eigenvalue weighted by Crippen LogP contribution is -2.04. The molecular formula is C13H12Cl2FN3. The number of anilines is 2. The van der Waals surface area contributed by atoms with Crippen molar-refractivity contribution in [1.82, 2.24) is 9.97 Å². The van der Waals surface area contributed by atoms with Crippen LogP contribution >= 0.6 is 23.2 Å². The largest absolute Gasteiger partial charge is 0.336 e. The lowest BCUT2D eigenvalue weighted by atomic mass is 10.2. The summed E-state index contributed by atoms with van der Waals surface area (Å²) in [5, 5.41) is 3.52. The molecule has 19 heavy (non-hydrogen) atoms. The van der Waals surface area contributed by atoms with E-state index in [2.05, 4.69) is 15.3 Å². The number of rotatable bonds is 3. The van der Waals surface area contributed by atoms with Crippen LogP contribution < -0.4 is 5.32 Å². The molecule has 1 aromatic carbocycles. The van der Waals surface area contributed by atoms with E-state index >= 15 is 0 Å². The lowest BCUT2D eigenvalue weighted by Gasteiger charge is -2.12. The van der Waals surface area contributed by atoms with Crippen LogP contribution in [0.15, 0.2) is 18.2 Å². The summed E-state index contributed by atoms with van der Waals surface area (Å²) in [6.45, 7) is 3.68. The number of nitrogens with zero attached hydrogens (tertiary/aromatic N) is 2. The van der Waals surface area contributed by atoms with Crippen molar-refractivity contribution in [3.05, 3.63) is 45.6 Å². The van der Waals surface area contributed by atoms with E-state index in [1.807, 2.05) is 6.92 Å². The summed E-state index contributed by atoms with van der Waals surface area (Å²) in [5.41, 5.74) is 0.835. The molecule has 1 aromatic heterocycles. The van der Waals surface area contributed by atoms with Crippen LogP contribution in [0.1, 0.15) is 18.3 Å². The normalized spacial score (nSPS) is 10.6. The summed E-state index contributed by atoms with van der Waals surface area (Å²) in [6, 6.07) is 4.47. The Morgan fingerprint density at radius 2 is 2.00 bits per heavy atom. The van der Waals surface area contributed by atoms with E-state index in [-0.39, 0.29) is 10.7 Å². The van der Waals surface area contributed by atoms with Crippen LogP contribution in [-0.4, -0.2) is 9.97 Å². The Morgan fingerprint density at radius 3 is 2.63 bits per heavy atom. The van der Waals surface area contributed by atoms with Gasteiger partial charge in [0.15, 0.2) is 0 Å². The first-order chi connectivity index (χ1) is 9.02.